The van der Waals surface area contributed by atoms with Gasteiger partial charge in [0.05, 0.1) is 0 Å². The molecule has 0 fully saturated rings. The summed E-state index contributed by atoms with van der Waals surface area (Å²) >= 11 is 1.67. The van der Waals surface area contributed by atoms with Gasteiger partial charge >= 0.3 is 0 Å². The van der Waals surface area contributed by atoms with Crippen LogP contribution in [0, 0.1) is 6.92 Å². The van der Waals surface area contributed by atoms with Crippen molar-refractivity contribution in [2.75, 3.05) is 0 Å². The first-order valence-corrected chi connectivity index (χ1v) is 5.38. The number of aryl methyl sites for hydroxylation is 1. The number of hydrogen-bond acceptors (Lipinski definition) is 2. The Morgan fingerprint density at radius 3 is 2.57 bits per heavy atom. The third-order valence-corrected chi connectivity index (χ3v) is 2.78. The van der Waals surface area contributed by atoms with E-state index in [1.54, 1.807) is 11.3 Å². The summed E-state index contributed by atoms with van der Waals surface area (Å²) in [5.41, 5.74) is 2.29. The van der Waals surface area contributed by atoms with Gasteiger partial charge in [0, 0.05) is 11.1 Å². The van der Waals surface area contributed by atoms with E-state index < -0.39 is 0 Å². The highest BCUT2D eigenvalue weighted by Crippen LogP contribution is 2.12. The van der Waals surface area contributed by atoms with Crippen molar-refractivity contribution in [1.29, 1.82) is 0 Å². The van der Waals surface area contributed by atoms with Gasteiger partial charge in [-0.25, -0.2) is 4.98 Å². The Balaban J connectivity index is 2.15. The summed E-state index contributed by atoms with van der Waals surface area (Å²) in [4.78, 5) is 4.36. The maximum Gasteiger partial charge on any atom is 0.116 e. The molecule has 0 saturated carbocycles. The van der Waals surface area contributed by atoms with Gasteiger partial charge in [0.15, 0.2) is 0 Å². The molecule has 0 bridgehead atoms. The Morgan fingerprint density at radius 1 is 1.14 bits per heavy atom. The van der Waals surface area contributed by atoms with E-state index in [9.17, 15) is 0 Å². The minimum absolute atomic E-state index is 1.06. The van der Waals surface area contributed by atoms with Crippen LogP contribution in [-0.4, -0.2) is 4.98 Å². The van der Waals surface area contributed by atoms with Gasteiger partial charge in [0.2, 0.25) is 0 Å². The fourth-order valence-corrected chi connectivity index (χ4v) is 1.87. The molecule has 2 aromatic rings. The van der Waals surface area contributed by atoms with Crippen molar-refractivity contribution < 1.29 is 0 Å². The van der Waals surface area contributed by atoms with E-state index >= 15 is 0 Å². The summed E-state index contributed by atoms with van der Waals surface area (Å²) in [5.74, 6) is 0. The smallest absolute Gasteiger partial charge is 0.116 e. The normalized spacial score (nSPS) is 10.9. The molecule has 0 amide bonds. The van der Waals surface area contributed by atoms with Crippen molar-refractivity contribution in [3.8, 4) is 0 Å². The van der Waals surface area contributed by atoms with Crippen molar-refractivity contribution in [2.45, 2.75) is 6.92 Å². The maximum atomic E-state index is 4.36. The molecule has 1 nitrogen and oxygen atoms in total. The Kier molecular flexibility index (Phi) is 2.75. The Labute approximate surface area is 87.8 Å². The lowest BCUT2D eigenvalue weighted by Gasteiger charge is -1.89. The molecule has 2 heteroatoms. The summed E-state index contributed by atoms with van der Waals surface area (Å²) in [5, 5.41) is 3.12. The quantitative estimate of drug-likeness (QED) is 0.723. The molecule has 0 aliphatic carbocycles. The Bertz CT molecular complexity index is 429. The maximum absolute atomic E-state index is 4.36. The molecule has 0 spiro atoms. The van der Waals surface area contributed by atoms with Crippen LogP contribution < -0.4 is 0 Å². The van der Waals surface area contributed by atoms with Crippen LogP contribution in [0.1, 0.15) is 16.3 Å². The van der Waals surface area contributed by atoms with Crippen molar-refractivity contribution in [1.82, 2.24) is 4.98 Å². The summed E-state index contributed by atoms with van der Waals surface area (Å²) in [6, 6.07) is 10.2. The third-order valence-electron chi connectivity index (χ3n) is 1.85. The highest BCUT2D eigenvalue weighted by Gasteiger charge is 1.92. The standard InChI is InChI=1S/C12H11NS/c1-10-9-14-12(13-10)8-7-11-5-3-2-4-6-11/h2-9H,1H3. The molecule has 1 aromatic carbocycles. The first kappa shape index (κ1) is 9.16. The van der Waals surface area contributed by atoms with Crippen LogP contribution in [0.4, 0.5) is 0 Å². The first-order valence-electron chi connectivity index (χ1n) is 4.50. The van der Waals surface area contributed by atoms with Crippen LogP contribution in [0.15, 0.2) is 35.7 Å². The SMILES string of the molecule is Cc1csc(C=Cc2ccccc2)n1. The molecule has 0 atom stereocenters. The Hall–Kier alpha value is -1.41. The van der Waals surface area contributed by atoms with E-state index in [1.165, 1.54) is 5.56 Å². The molecule has 0 radical (unpaired) electrons. The summed E-state index contributed by atoms with van der Waals surface area (Å²) in [6.07, 6.45) is 4.13. The van der Waals surface area contributed by atoms with E-state index in [0.29, 0.717) is 0 Å². The Morgan fingerprint density at radius 2 is 1.93 bits per heavy atom. The molecule has 0 saturated heterocycles. The zero-order valence-electron chi connectivity index (χ0n) is 7.97. The number of rotatable bonds is 2. The van der Waals surface area contributed by atoms with Crippen LogP contribution in [-0.2, 0) is 0 Å². The highest BCUT2D eigenvalue weighted by molar-refractivity contribution is 7.10. The van der Waals surface area contributed by atoms with Gasteiger partial charge in [-0.3, -0.25) is 0 Å². The van der Waals surface area contributed by atoms with Crippen molar-refractivity contribution in [2.24, 2.45) is 0 Å². The molecule has 2 rings (SSSR count). The minimum Gasteiger partial charge on any atom is -0.242 e. The molecule has 0 aliphatic rings. The van der Waals surface area contributed by atoms with E-state index in [0.717, 1.165) is 10.7 Å². The van der Waals surface area contributed by atoms with Crippen molar-refractivity contribution in [3.63, 3.8) is 0 Å². The predicted octanol–water partition coefficient (Wildman–Crippen LogP) is 3.62. The topological polar surface area (TPSA) is 12.9 Å². The summed E-state index contributed by atoms with van der Waals surface area (Å²) in [7, 11) is 0. The lowest BCUT2D eigenvalue weighted by molar-refractivity contribution is 1.25. The monoisotopic (exact) mass is 201 g/mol. The molecule has 0 aliphatic heterocycles. The molecule has 1 heterocycles. The predicted molar refractivity (Wildman–Crippen MR) is 62.2 cm³/mol. The molecular formula is C12H11NS. The number of aromatic nitrogens is 1. The average Bonchev–Trinajstić information content (AvgIpc) is 2.63. The van der Waals surface area contributed by atoms with Gasteiger partial charge in [-0.2, -0.15) is 0 Å². The van der Waals surface area contributed by atoms with Gasteiger partial charge in [-0.05, 0) is 18.6 Å². The van der Waals surface area contributed by atoms with E-state index in [4.69, 9.17) is 0 Å². The number of thiazole rings is 1. The summed E-state index contributed by atoms with van der Waals surface area (Å²) < 4.78 is 0. The van der Waals surface area contributed by atoms with Crippen LogP contribution >= 0.6 is 11.3 Å². The lowest BCUT2D eigenvalue weighted by atomic mass is 10.2. The van der Waals surface area contributed by atoms with Crippen LogP contribution in [0.5, 0.6) is 0 Å². The van der Waals surface area contributed by atoms with Gasteiger partial charge < -0.3 is 0 Å². The highest BCUT2D eigenvalue weighted by atomic mass is 32.1. The van der Waals surface area contributed by atoms with Crippen molar-refractivity contribution in [3.05, 3.63) is 52.0 Å². The van der Waals surface area contributed by atoms with E-state index in [1.807, 2.05) is 31.2 Å². The number of hydrogen-bond donors (Lipinski definition) is 0. The molecule has 1 aromatic heterocycles. The fraction of sp³-hybridized carbons (Fsp3) is 0.0833. The molecule has 14 heavy (non-hydrogen) atoms. The largest absolute Gasteiger partial charge is 0.242 e. The van der Waals surface area contributed by atoms with Crippen LogP contribution in [0.25, 0.3) is 12.2 Å². The lowest BCUT2D eigenvalue weighted by Crippen LogP contribution is -1.71. The van der Waals surface area contributed by atoms with Gasteiger partial charge in [0.1, 0.15) is 5.01 Å². The number of benzene rings is 1. The second-order valence-corrected chi connectivity index (χ2v) is 3.96. The second-order valence-electron chi connectivity index (χ2n) is 3.07. The first-order chi connectivity index (χ1) is 6.84. The zero-order valence-corrected chi connectivity index (χ0v) is 8.79. The molecule has 0 unspecified atom stereocenters. The van der Waals surface area contributed by atoms with Gasteiger partial charge in [-0.15, -0.1) is 11.3 Å². The van der Waals surface area contributed by atoms with Gasteiger partial charge in [-0.1, -0.05) is 36.4 Å². The van der Waals surface area contributed by atoms with E-state index in [2.05, 4.69) is 28.6 Å². The molecule has 0 N–H and O–H groups in total. The van der Waals surface area contributed by atoms with Crippen LogP contribution in [0.3, 0.4) is 0 Å². The minimum atomic E-state index is 1.06. The number of nitrogens with zero attached hydrogens (tertiary/aromatic N) is 1. The average molecular weight is 201 g/mol. The summed E-state index contributed by atoms with van der Waals surface area (Å²) in [6.45, 7) is 2.01. The van der Waals surface area contributed by atoms with Crippen molar-refractivity contribution >= 4 is 23.5 Å². The van der Waals surface area contributed by atoms with Gasteiger partial charge in [0.25, 0.3) is 0 Å². The molecular weight excluding hydrogens is 190 g/mol. The van der Waals surface area contributed by atoms with Crippen LogP contribution in [0.2, 0.25) is 0 Å². The van der Waals surface area contributed by atoms with E-state index in [-0.39, 0.29) is 0 Å². The second kappa shape index (κ2) is 4.20. The third kappa shape index (κ3) is 2.30. The fourth-order valence-electron chi connectivity index (χ4n) is 1.18. The zero-order chi connectivity index (χ0) is 9.80. The molecule has 70 valence electrons.